The van der Waals surface area contributed by atoms with Crippen molar-refractivity contribution in [3.05, 3.63) is 74.4 Å². The Balaban J connectivity index is 0.000000247. The zero-order valence-corrected chi connectivity index (χ0v) is 21.1. The Morgan fingerprint density at radius 1 is 0.788 bits per heavy atom. The molecule has 0 aromatic rings. The molecule has 0 amide bonds. The maximum atomic E-state index is 11.4. The van der Waals surface area contributed by atoms with Crippen molar-refractivity contribution in [2.45, 2.75) is 90.8 Å². The lowest BCUT2D eigenvalue weighted by atomic mass is 9.78. The second-order valence-corrected chi connectivity index (χ2v) is 9.67. The van der Waals surface area contributed by atoms with E-state index in [1.165, 1.54) is 0 Å². The third-order valence-corrected chi connectivity index (χ3v) is 7.96. The highest BCUT2D eigenvalue weighted by molar-refractivity contribution is 5.97. The van der Waals surface area contributed by atoms with Gasteiger partial charge in [0.05, 0.1) is 12.2 Å². The Hall–Kier alpha value is -1.97. The zero-order valence-electron chi connectivity index (χ0n) is 21.1. The minimum Gasteiger partial charge on any atom is -0.388 e. The lowest BCUT2D eigenvalue weighted by Crippen LogP contribution is -2.28. The summed E-state index contributed by atoms with van der Waals surface area (Å²) >= 11 is 0. The topological polar surface area (TPSA) is 57.5 Å². The third kappa shape index (κ3) is 7.01. The third-order valence-electron chi connectivity index (χ3n) is 7.96. The molecule has 0 aromatic heterocycles. The van der Waals surface area contributed by atoms with Gasteiger partial charge >= 0.3 is 0 Å². The zero-order chi connectivity index (χ0) is 25.0. The highest BCUT2D eigenvalue weighted by Crippen LogP contribution is 2.41. The van der Waals surface area contributed by atoms with Gasteiger partial charge in [-0.25, -0.2) is 0 Å². The van der Waals surface area contributed by atoms with Crippen LogP contribution in [0, 0.1) is 16.2 Å². The summed E-state index contributed by atoms with van der Waals surface area (Å²) in [5.74, 6) is 0.278. The van der Waals surface area contributed by atoms with Gasteiger partial charge in [0.2, 0.25) is 0 Å². The normalized spacial score (nSPS) is 33.8. The Bertz CT molecular complexity index is 706. The number of hydrogen-bond donors (Lipinski definition) is 2. The highest BCUT2D eigenvalue weighted by Gasteiger charge is 2.37. The van der Waals surface area contributed by atoms with Gasteiger partial charge < -0.3 is 10.2 Å². The van der Waals surface area contributed by atoms with E-state index in [9.17, 15) is 15.0 Å². The Morgan fingerprint density at radius 3 is 1.48 bits per heavy atom. The van der Waals surface area contributed by atoms with Crippen LogP contribution < -0.4 is 0 Å². The van der Waals surface area contributed by atoms with Gasteiger partial charge in [-0.2, -0.15) is 0 Å². The van der Waals surface area contributed by atoms with Gasteiger partial charge in [-0.3, -0.25) is 4.79 Å². The van der Waals surface area contributed by atoms with Crippen molar-refractivity contribution < 1.29 is 15.0 Å². The molecule has 3 aliphatic carbocycles. The second-order valence-electron chi connectivity index (χ2n) is 9.67. The monoisotopic (exact) mass is 454 g/mol. The molecule has 0 saturated carbocycles. The first-order valence-corrected chi connectivity index (χ1v) is 12.5. The van der Waals surface area contributed by atoms with Crippen LogP contribution in [0.1, 0.15) is 78.6 Å². The van der Waals surface area contributed by atoms with Gasteiger partial charge in [-0.05, 0) is 63.9 Å². The number of hydrogen-bond acceptors (Lipinski definition) is 3. The van der Waals surface area contributed by atoms with E-state index in [-0.39, 0.29) is 34.2 Å². The van der Waals surface area contributed by atoms with Crippen LogP contribution in [0.5, 0.6) is 0 Å². The molecule has 3 nitrogen and oxygen atoms in total. The van der Waals surface area contributed by atoms with Gasteiger partial charge in [0, 0.05) is 16.2 Å². The van der Waals surface area contributed by atoms with E-state index < -0.39 is 0 Å². The SMILES string of the molecule is C=CC[C@@]1(CC)CC=CC1=O.C=CC[C@@]1(CC)CC=C[C@@H]1O.C=CC[C@@]1(CC)CC=C[C@H]1O. The number of ketones is 1. The van der Waals surface area contributed by atoms with Gasteiger partial charge in [0.1, 0.15) is 0 Å². The van der Waals surface area contributed by atoms with Crippen LogP contribution in [-0.4, -0.2) is 28.2 Å². The van der Waals surface area contributed by atoms with Crippen LogP contribution in [0.2, 0.25) is 0 Å². The summed E-state index contributed by atoms with van der Waals surface area (Å²) in [5.41, 5.74) is 0.0191. The maximum Gasteiger partial charge on any atom is 0.162 e. The molecule has 0 radical (unpaired) electrons. The molecule has 0 saturated heterocycles. The molecule has 33 heavy (non-hydrogen) atoms. The van der Waals surface area contributed by atoms with Crippen molar-refractivity contribution in [2.24, 2.45) is 16.2 Å². The van der Waals surface area contributed by atoms with E-state index in [0.29, 0.717) is 0 Å². The van der Waals surface area contributed by atoms with Crippen molar-refractivity contribution in [3.63, 3.8) is 0 Å². The van der Waals surface area contributed by atoms with E-state index >= 15 is 0 Å². The number of carbonyl (C=O) groups is 1. The first-order valence-electron chi connectivity index (χ1n) is 12.5. The molecule has 0 unspecified atom stereocenters. The molecular formula is C30H46O3. The fourth-order valence-corrected chi connectivity index (χ4v) is 5.08. The molecule has 3 rings (SSSR count). The van der Waals surface area contributed by atoms with Crippen molar-refractivity contribution in [2.75, 3.05) is 0 Å². The Kier molecular flexibility index (Phi) is 12.0. The minimum atomic E-state index is -0.259. The van der Waals surface area contributed by atoms with E-state index in [1.54, 1.807) is 6.08 Å². The number of rotatable bonds is 9. The molecule has 2 N–H and O–H groups in total. The number of allylic oxidation sites excluding steroid dienone is 7. The standard InChI is InChI=1S/2C10H16O.C10H14O/c3*1-3-7-10(4-2)8-5-6-9(10)11/h2*3,5-6,9,11H,1,4,7-8H2,2H3;3,5-6H,1,4,7-8H2,2H3/t9-,10+;9-,10-;10-/m100/s1. The summed E-state index contributed by atoms with van der Waals surface area (Å²) in [6, 6.07) is 0. The summed E-state index contributed by atoms with van der Waals surface area (Å²) in [6.07, 6.45) is 25.2. The van der Waals surface area contributed by atoms with Crippen molar-refractivity contribution in [1.29, 1.82) is 0 Å². The molecular weight excluding hydrogens is 408 g/mol. The molecule has 0 bridgehead atoms. The molecule has 0 aromatic carbocycles. The molecule has 0 spiro atoms. The van der Waals surface area contributed by atoms with Crippen molar-refractivity contribution >= 4 is 5.78 Å². The van der Waals surface area contributed by atoms with E-state index in [1.807, 2.05) is 36.5 Å². The number of aliphatic hydroxyl groups excluding tert-OH is 2. The summed E-state index contributed by atoms with van der Waals surface area (Å²) in [7, 11) is 0. The number of aliphatic hydroxyl groups is 2. The maximum absolute atomic E-state index is 11.4. The molecule has 0 aliphatic heterocycles. The lowest BCUT2D eigenvalue weighted by molar-refractivity contribution is -0.122. The van der Waals surface area contributed by atoms with Crippen molar-refractivity contribution in [1.82, 2.24) is 0 Å². The average molecular weight is 455 g/mol. The second kappa shape index (κ2) is 13.7. The van der Waals surface area contributed by atoms with E-state index in [0.717, 1.165) is 57.8 Å². The summed E-state index contributed by atoms with van der Waals surface area (Å²) in [6.45, 7) is 17.4. The molecule has 5 atom stereocenters. The fourth-order valence-electron chi connectivity index (χ4n) is 5.08. The van der Waals surface area contributed by atoms with Crippen LogP contribution in [0.15, 0.2) is 74.4 Å². The molecule has 184 valence electrons. The minimum absolute atomic E-state index is 0.0712. The van der Waals surface area contributed by atoms with Crippen LogP contribution in [0.4, 0.5) is 0 Å². The Morgan fingerprint density at radius 2 is 1.24 bits per heavy atom. The molecule has 0 fully saturated rings. The van der Waals surface area contributed by atoms with Crippen molar-refractivity contribution in [3.8, 4) is 0 Å². The lowest BCUT2D eigenvalue weighted by Gasteiger charge is -2.30. The first-order chi connectivity index (χ1) is 15.7. The Labute approximate surface area is 202 Å². The molecule has 3 heteroatoms. The average Bonchev–Trinajstić information content (AvgIpc) is 3.48. The summed E-state index contributed by atoms with van der Waals surface area (Å²) in [5, 5.41) is 19.3. The van der Waals surface area contributed by atoms with Crippen LogP contribution in [0.3, 0.4) is 0 Å². The summed E-state index contributed by atoms with van der Waals surface area (Å²) in [4.78, 5) is 11.4. The van der Waals surface area contributed by atoms with Gasteiger partial charge in [0.25, 0.3) is 0 Å². The van der Waals surface area contributed by atoms with Gasteiger partial charge in [0.15, 0.2) is 5.78 Å². The van der Waals surface area contributed by atoms with Crippen LogP contribution >= 0.6 is 0 Å². The van der Waals surface area contributed by atoms with Gasteiger partial charge in [-0.15, -0.1) is 19.7 Å². The van der Waals surface area contributed by atoms with E-state index in [2.05, 4.69) is 52.7 Å². The van der Waals surface area contributed by atoms with Gasteiger partial charge in [-0.1, -0.05) is 69.4 Å². The first kappa shape index (κ1) is 29.1. The number of carbonyl (C=O) groups excluding carboxylic acids is 1. The van der Waals surface area contributed by atoms with Crippen LogP contribution in [-0.2, 0) is 4.79 Å². The predicted molar refractivity (Wildman–Crippen MR) is 141 cm³/mol. The predicted octanol–water partition coefficient (Wildman–Crippen LogP) is 7.05. The fraction of sp³-hybridized carbons (Fsp3) is 0.567. The quantitative estimate of drug-likeness (QED) is 0.367. The smallest absolute Gasteiger partial charge is 0.162 e. The molecule has 0 heterocycles. The van der Waals surface area contributed by atoms with Crippen LogP contribution in [0.25, 0.3) is 0 Å². The summed E-state index contributed by atoms with van der Waals surface area (Å²) < 4.78 is 0. The molecule has 3 aliphatic rings. The largest absolute Gasteiger partial charge is 0.388 e. The highest BCUT2D eigenvalue weighted by atomic mass is 16.3. The van der Waals surface area contributed by atoms with E-state index in [4.69, 9.17) is 0 Å².